The van der Waals surface area contributed by atoms with E-state index in [0.29, 0.717) is 33.4 Å². The van der Waals surface area contributed by atoms with Crippen molar-refractivity contribution in [3.8, 4) is 22.9 Å². The predicted octanol–water partition coefficient (Wildman–Crippen LogP) is 4.72. The molecule has 0 unspecified atom stereocenters. The molecule has 164 valence electrons. The summed E-state index contributed by atoms with van der Waals surface area (Å²) in [6.45, 7) is 0.444. The van der Waals surface area contributed by atoms with E-state index >= 15 is 0 Å². The normalized spacial score (nSPS) is 11.8. The zero-order chi connectivity index (χ0) is 22.8. The molecule has 2 aromatic heterocycles. The highest BCUT2D eigenvalue weighted by atomic mass is 79.9. The molecule has 33 heavy (non-hydrogen) atoms. The Morgan fingerprint density at radius 2 is 1.82 bits per heavy atom. The van der Waals surface area contributed by atoms with Crippen molar-refractivity contribution in [3.63, 3.8) is 0 Å². The van der Waals surface area contributed by atoms with Crippen LogP contribution in [0.15, 0.2) is 82.1 Å². The van der Waals surface area contributed by atoms with Gasteiger partial charge in [0.1, 0.15) is 6.61 Å². The SMILES string of the molecule is COc1cc(/C=c2/sc3nc(-c4ccc(Br)cc4)nn3c2=O)ccc1OCc1ccccc1. The predicted molar refractivity (Wildman–Crippen MR) is 133 cm³/mol. The monoisotopic (exact) mass is 519 g/mol. The Bertz CT molecular complexity index is 1530. The molecule has 0 N–H and O–H groups in total. The number of hydrogen-bond acceptors (Lipinski definition) is 6. The second-order valence-electron chi connectivity index (χ2n) is 7.24. The van der Waals surface area contributed by atoms with Crippen LogP contribution in [-0.4, -0.2) is 21.7 Å². The Hall–Kier alpha value is -3.49. The first-order valence-corrected chi connectivity index (χ1v) is 11.7. The lowest BCUT2D eigenvalue weighted by Gasteiger charge is -2.11. The number of fused-ring (bicyclic) bond motifs is 1. The highest BCUT2D eigenvalue weighted by Crippen LogP contribution is 2.29. The minimum Gasteiger partial charge on any atom is -0.493 e. The lowest BCUT2D eigenvalue weighted by Crippen LogP contribution is -2.23. The number of thiazole rings is 1. The van der Waals surface area contributed by atoms with E-state index in [0.717, 1.165) is 21.2 Å². The molecule has 0 radical (unpaired) electrons. The number of rotatable bonds is 6. The van der Waals surface area contributed by atoms with Crippen molar-refractivity contribution in [1.82, 2.24) is 14.6 Å². The van der Waals surface area contributed by atoms with Crippen LogP contribution in [-0.2, 0) is 6.61 Å². The summed E-state index contributed by atoms with van der Waals surface area (Å²) in [5.41, 5.74) is 2.56. The maximum Gasteiger partial charge on any atom is 0.291 e. The van der Waals surface area contributed by atoms with Crippen molar-refractivity contribution < 1.29 is 9.47 Å². The van der Waals surface area contributed by atoms with Crippen molar-refractivity contribution in [2.24, 2.45) is 0 Å². The Labute approximate surface area is 201 Å². The minimum absolute atomic E-state index is 0.200. The smallest absolute Gasteiger partial charge is 0.291 e. The van der Waals surface area contributed by atoms with E-state index in [1.165, 1.54) is 15.9 Å². The van der Waals surface area contributed by atoms with Gasteiger partial charge in [0.15, 0.2) is 17.3 Å². The molecule has 0 aliphatic carbocycles. The zero-order valence-corrected chi connectivity index (χ0v) is 20.0. The molecular weight excluding hydrogens is 502 g/mol. The fourth-order valence-corrected chi connectivity index (χ4v) is 4.51. The number of methoxy groups -OCH3 is 1. The van der Waals surface area contributed by atoms with Gasteiger partial charge in [0.25, 0.3) is 5.56 Å². The Morgan fingerprint density at radius 3 is 2.55 bits per heavy atom. The van der Waals surface area contributed by atoms with Crippen molar-refractivity contribution in [3.05, 3.63) is 103 Å². The second kappa shape index (κ2) is 9.17. The van der Waals surface area contributed by atoms with E-state index < -0.39 is 0 Å². The number of aromatic nitrogens is 3. The first kappa shape index (κ1) is 21.4. The summed E-state index contributed by atoms with van der Waals surface area (Å²) in [7, 11) is 1.60. The third kappa shape index (κ3) is 4.53. The molecule has 3 aromatic carbocycles. The van der Waals surface area contributed by atoms with Gasteiger partial charge in [0, 0.05) is 10.0 Å². The average Bonchev–Trinajstić information content (AvgIpc) is 3.38. The summed E-state index contributed by atoms with van der Waals surface area (Å²) >= 11 is 4.72. The molecule has 0 bridgehead atoms. The van der Waals surface area contributed by atoms with Gasteiger partial charge in [0.05, 0.1) is 11.6 Å². The maximum atomic E-state index is 12.9. The first-order chi connectivity index (χ1) is 16.1. The minimum atomic E-state index is -0.200. The third-order valence-electron chi connectivity index (χ3n) is 5.01. The van der Waals surface area contributed by atoms with E-state index in [4.69, 9.17) is 9.47 Å². The van der Waals surface area contributed by atoms with Gasteiger partial charge in [-0.1, -0.05) is 75.8 Å². The molecule has 5 rings (SSSR count). The molecule has 8 heteroatoms. The van der Waals surface area contributed by atoms with E-state index in [1.54, 1.807) is 7.11 Å². The van der Waals surface area contributed by atoms with Gasteiger partial charge >= 0.3 is 0 Å². The van der Waals surface area contributed by atoms with Crippen LogP contribution in [0.2, 0.25) is 0 Å². The molecule has 5 aromatic rings. The number of halogens is 1. The Balaban J connectivity index is 1.42. The lowest BCUT2D eigenvalue weighted by molar-refractivity contribution is 0.284. The summed E-state index contributed by atoms with van der Waals surface area (Å²) in [5.74, 6) is 1.77. The van der Waals surface area contributed by atoms with Gasteiger partial charge in [-0.3, -0.25) is 4.79 Å². The molecule has 0 saturated carbocycles. The van der Waals surface area contributed by atoms with Crippen LogP contribution in [0.25, 0.3) is 22.4 Å². The molecule has 6 nitrogen and oxygen atoms in total. The van der Waals surface area contributed by atoms with Crippen LogP contribution in [0.3, 0.4) is 0 Å². The van der Waals surface area contributed by atoms with Gasteiger partial charge < -0.3 is 9.47 Å². The van der Waals surface area contributed by atoms with E-state index in [9.17, 15) is 4.79 Å². The van der Waals surface area contributed by atoms with Crippen LogP contribution in [0, 0.1) is 0 Å². The molecule has 0 amide bonds. The lowest BCUT2D eigenvalue weighted by atomic mass is 10.2. The van der Waals surface area contributed by atoms with Crippen molar-refractivity contribution in [2.45, 2.75) is 6.61 Å². The van der Waals surface area contributed by atoms with Crippen LogP contribution in [0.1, 0.15) is 11.1 Å². The molecule has 0 saturated heterocycles. The number of benzene rings is 3. The topological polar surface area (TPSA) is 65.7 Å². The van der Waals surface area contributed by atoms with Gasteiger partial charge in [-0.05, 0) is 41.5 Å². The molecule has 2 heterocycles. The number of ether oxygens (including phenoxy) is 2. The fraction of sp³-hybridized carbons (Fsp3) is 0.0800. The summed E-state index contributed by atoms with van der Waals surface area (Å²) in [4.78, 5) is 18.0. The van der Waals surface area contributed by atoms with Gasteiger partial charge in [-0.25, -0.2) is 0 Å². The van der Waals surface area contributed by atoms with E-state index in [-0.39, 0.29) is 5.56 Å². The molecule has 0 fully saturated rings. The van der Waals surface area contributed by atoms with Crippen molar-refractivity contribution >= 4 is 38.3 Å². The molecular formula is C25H18BrN3O3S. The fourth-order valence-electron chi connectivity index (χ4n) is 3.33. The maximum absolute atomic E-state index is 12.9. The molecule has 0 spiro atoms. The second-order valence-corrected chi connectivity index (χ2v) is 9.16. The zero-order valence-electron chi connectivity index (χ0n) is 17.6. The quantitative estimate of drug-likeness (QED) is 0.325. The molecule has 0 aliphatic rings. The largest absolute Gasteiger partial charge is 0.493 e. The van der Waals surface area contributed by atoms with Crippen LogP contribution >= 0.6 is 27.3 Å². The average molecular weight is 520 g/mol. The van der Waals surface area contributed by atoms with Gasteiger partial charge in [-0.15, -0.1) is 5.10 Å². The van der Waals surface area contributed by atoms with Crippen molar-refractivity contribution in [1.29, 1.82) is 0 Å². The highest BCUT2D eigenvalue weighted by molar-refractivity contribution is 9.10. The van der Waals surface area contributed by atoms with Crippen LogP contribution in [0.4, 0.5) is 0 Å². The standard InChI is InChI=1S/C25H18BrN3O3S/c1-31-21-13-17(7-12-20(21)32-15-16-5-3-2-4-6-16)14-22-24(30)29-25(33-22)27-23(28-29)18-8-10-19(26)11-9-18/h2-14H,15H2,1H3/b22-14+. The van der Waals surface area contributed by atoms with Gasteiger partial charge in [-0.2, -0.15) is 9.50 Å². The summed E-state index contributed by atoms with van der Waals surface area (Å²) in [6.07, 6.45) is 1.81. The van der Waals surface area contributed by atoms with Gasteiger partial charge in [0.2, 0.25) is 4.96 Å². The summed E-state index contributed by atoms with van der Waals surface area (Å²) in [5, 5.41) is 4.40. The third-order valence-corrected chi connectivity index (χ3v) is 6.49. The van der Waals surface area contributed by atoms with E-state index in [1.807, 2.05) is 78.9 Å². The molecule has 0 aliphatic heterocycles. The van der Waals surface area contributed by atoms with Crippen molar-refractivity contribution in [2.75, 3.05) is 7.11 Å². The first-order valence-electron chi connectivity index (χ1n) is 10.1. The number of hydrogen-bond donors (Lipinski definition) is 0. The van der Waals surface area contributed by atoms with Crippen LogP contribution in [0.5, 0.6) is 11.5 Å². The van der Waals surface area contributed by atoms with E-state index in [2.05, 4.69) is 26.0 Å². The Kier molecular flexibility index (Phi) is 5.93. The van der Waals surface area contributed by atoms with Crippen LogP contribution < -0.4 is 19.6 Å². The number of nitrogens with zero attached hydrogens (tertiary/aromatic N) is 3. The highest BCUT2D eigenvalue weighted by Gasteiger charge is 2.12. The molecule has 0 atom stereocenters. The summed E-state index contributed by atoms with van der Waals surface area (Å²) < 4.78 is 14.3. The Morgan fingerprint density at radius 1 is 1.03 bits per heavy atom. The summed E-state index contributed by atoms with van der Waals surface area (Å²) in [6, 6.07) is 23.2.